The van der Waals surface area contributed by atoms with Gasteiger partial charge >= 0.3 is 0 Å². The van der Waals surface area contributed by atoms with E-state index in [2.05, 4.69) is 11.1 Å². The Bertz CT molecular complexity index is 460. The number of nitrogens with zero attached hydrogens (tertiary/aromatic N) is 3. The minimum absolute atomic E-state index is 0.0496. The highest BCUT2D eigenvalue weighted by molar-refractivity contribution is 5.92. The molecule has 1 aliphatic rings. The first-order valence-electron chi connectivity index (χ1n) is 5.84. The highest BCUT2D eigenvalue weighted by Gasteiger charge is 2.33. The summed E-state index contributed by atoms with van der Waals surface area (Å²) in [4.78, 5) is 18.3. The summed E-state index contributed by atoms with van der Waals surface area (Å²) in [5.41, 5.74) is 1.32. The van der Waals surface area contributed by atoms with Crippen molar-refractivity contribution >= 4 is 5.91 Å². The van der Waals surface area contributed by atoms with Gasteiger partial charge in [-0.05, 0) is 31.9 Å². The van der Waals surface area contributed by atoms with E-state index in [4.69, 9.17) is 5.26 Å². The summed E-state index contributed by atoms with van der Waals surface area (Å²) in [5.74, 6) is -0.0496. The summed E-state index contributed by atoms with van der Waals surface area (Å²) >= 11 is 0. The van der Waals surface area contributed by atoms with Gasteiger partial charge in [-0.2, -0.15) is 5.26 Å². The molecule has 0 bridgehead atoms. The Morgan fingerprint density at radius 2 is 2.35 bits per heavy atom. The van der Waals surface area contributed by atoms with Crippen LogP contribution in [-0.2, 0) is 0 Å². The second kappa shape index (κ2) is 4.96. The Kier molecular flexibility index (Phi) is 3.38. The molecule has 0 aliphatic heterocycles. The molecule has 1 amide bonds. The molecule has 1 aromatic rings. The van der Waals surface area contributed by atoms with Crippen LogP contribution in [0.1, 0.15) is 35.4 Å². The molecule has 2 rings (SSSR count). The van der Waals surface area contributed by atoms with Gasteiger partial charge in [0.15, 0.2) is 0 Å². The maximum absolute atomic E-state index is 12.2. The average molecular weight is 229 g/mol. The van der Waals surface area contributed by atoms with Crippen LogP contribution in [0.15, 0.2) is 18.2 Å². The molecule has 0 N–H and O–H groups in total. The molecule has 0 atom stereocenters. The van der Waals surface area contributed by atoms with Crippen LogP contribution in [0.3, 0.4) is 0 Å². The van der Waals surface area contributed by atoms with Gasteiger partial charge in [-0.25, -0.2) is 4.98 Å². The number of carbonyl (C=O) groups excluding carboxylic acids is 1. The molecule has 0 saturated heterocycles. The smallest absolute Gasteiger partial charge is 0.272 e. The van der Waals surface area contributed by atoms with Crippen LogP contribution in [0.25, 0.3) is 0 Å². The Morgan fingerprint density at radius 3 is 2.94 bits per heavy atom. The first-order chi connectivity index (χ1) is 8.22. The fraction of sp³-hybridized carbons (Fsp3) is 0.462. The molecular formula is C13H15N3O. The normalized spacial score (nSPS) is 14.1. The first kappa shape index (κ1) is 11.6. The summed E-state index contributed by atoms with van der Waals surface area (Å²) in [7, 11) is 0. The quantitative estimate of drug-likeness (QED) is 0.792. The molecule has 1 heterocycles. The minimum atomic E-state index is -0.0496. The molecule has 0 spiro atoms. The van der Waals surface area contributed by atoms with E-state index in [1.54, 1.807) is 11.0 Å². The lowest BCUT2D eigenvalue weighted by molar-refractivity contribution is 0.0740. The monoisotopic (exact) mass is 229 g/mol. The van der Waals surface area contributed by atoms with Gasteiger partial charge in [-0.15, -0.1) is 0 Å². The van der Waals surface area contributed by atoms with E-state index in [0.717, 1.165) is 18.5 Å². The molecule has 0 radical (unpaired) electrons. The van der Waals surface area contributed by atoms with Crippen LogP contribution in [0.2, 0.25) is 0 Å². The molecule has 1 aromatic heterocycles. The molecule has 4 nitrogen and oxygen atoms in total. The number of pyridine rings is 1. The van der Waals surface area contributed by atoms with Crippen molar-refractivity contribution in [3.05, 3.63) is 29.6 Å². The molecule has 1 saturated carbocycles. The van der Waals surface area contributed by atoms with Gasteiger partial charge in [0, 0.05) is 18.3 Å². The predicted octanol–water partition coefficient (Wildman–Crippen LogP) is 1.91. The SMILES string of the molecule is Cc1cccc(C(=O)N(CCC#N)C2CC2)n1. The summed E-state index contributed by atoms with van der Waals surface area (Å²) in [5, 5.41) is 8.61. The molecule has 1 aliphatic carbocycles. The van der Waals surface area contributed by atoms with E-state index in [9.17, 15) is 4.79 Å². The summed E-state index contributed by atoms with van der Waals surface area (Å²) in [6.07, 6.45) is 2.47. The molecule has 88 valence electrons. The Balaban J connectivity index is 2.13. The number of nitriles is 1. The van der Waals surface area contributed by atoms with Gasteiger partial charge in [0.05, 0.1) is 12.5 Å². The number of rotatable bonds is 4. The highest BCUT2D eigenvalue weighted by Crippen LogP contribution is 2.28. The van der Waals surface area contributed by atoms with Crippen LogP contribution in [0.5, 0.6) is 0 Å². The topological polar surface area (TPSA) is 57.0 Å². The molecule has 17 heavy (non-hydrogen) atoms. The van der Waals surface area contributed by atoms with Gasteiger partial charge in [0.25, 0.3) is 5.91 Å². The van der Waals surface area contributed by atoms with Crippen molar-refractivity contribution in [2.75, 3.05) is 6.54 Å². The van der Waals surface area contributed by atoms with E-state index >= 15 is 0 Å². The molecule has 1 fully saturated rings. The third kappa shape index (κ3) is 2.82. The molecule has 0 unspecified atom stereocenters. The maximum atomic E-state index is 12.2. The molecule has 0 aromatic carbocycles. The van der Waals surface area contributed by atoms with Gasteiger partial charge in [0.2, 0.25) is 0 Å². The van der Waals surface area contributed by atoms with Gasteiger partial charge in [0.1, 0.15) is 5.69 Å². The summed E-state index contributed by atoms with van der Waals surface area (Å²) < 4.78 is 0. The minimum Gasteiger partial charge on any atom is -0.333 e. The third-order valence-corrected chi connectivity index (χ3v) is 2.82. The van der Waals surface area contributed by atoms with Crippen molar-refractivity contribution in [3.63, 3.8) is 0 Å². The number of carbonyl (C=O) groups is 1. The van der Waals surface area contributed by atoms with Crippen LogP contribution < -0.4 is 0 Å². The lowest BCUT2D eigenvalue weighted by Gasteiger charge is -2.20. The van der Waals surface area contributed by atoms with E-state index in [1.165, 1.54) is 0 Å². The van der Waals surface area contributed by atoms with Gasteiger partial charge < -0.3 is 4.90 Å². The van der Waals surface area contributed by atoms with Gasteiger partial charge in [-0.1, -0.05) is 6.07 Å². The summed E-state index contributed by atoms with van der Waals surface area (Å²) in [6, 6.07) is 7.84. The van der Waals surface area contributed by atoms with E-state index in [-0.39, 0.29) is 5.91 Å². The Morgan fingerprint density at radius 1 is 1.59 bits per heavy atom. The standard InChI is InChI=1S/C13H15N3O/c1-10-4-2-5-12(15-10)13(17)16(9-3-8-14)11-6-7-11/h2,4-5,11H,3,6-7,9H2,1H3. The average Bonchev–Trinajstić information content (AvgIpc) is 3.14. The number of hydrogen-bond acceptors (Lipinski definition) is 3. The van der Waals surface area contributed by atoms with Crippen LogP contribution in [0, 0.1) is 18.3 Å². The first-order valence-corrected chi connectivity index (χ1v) is 5.84. The lowest BCUT2D eigenvalue weighted by Crippen LogP contribution is -2.34. The van der Waals surface area contributed by atoms with E-state index in [1.807, 2.05) is 19.1 Å². The van der Waals surface area contributed by atoms with Crippen molar-refractivity contribution in [3.8, 4) is 6.07 Å². The maximum Gasteiger partial charge on any atom is 0.272 e. The van der Waals surface area contributed by atoms with Crippen molar-refractivity contribution in [2.24, 2.45) is 0 Å². The van der Waals surface area contributed by atoms with Gasteiger partial charge in [-0.3, -0.25) is 4.79 Å². The number of hydrogen-bond donors (Lipinski definition) is 0. The zero-order chi connectivity index (χ0) is 12.3. The summed E-state index contributed by atoms with van der Waals surface area (Å²) in [6.45, 7) is 2.38. The number of aromatic nitrogens is 1. The predicted molar refractivity (Wildman–Crippen MR) is 63.3 cm³/mol. The third-order valence-electron chi connectivity index (χ3n) is 2.82. The van der Waals surface area contributed by atoms with Crippen LogP contribution in [-0.4, -0.2) is 28.4 Å². The number of aryl methyl sites for hydroxylation is 1. The van der Waals surface area contributed by atoms with Crippen LogP contribution >= 0.6 is 0 Å². The fourth-order valence-corrected chi connectivity index (χ4v) is 1.82. The zero-order valence-corrected chi connectivity index (χ0v) is 9.89. The fourth-order valence-electron chi connectivity index (χ4n) is 1.82. The highest BCUT2D eigenvalue weighted by atomic mass is 16.2. The lowest BCUT2D eigenvalue weighted by atomic mass is 10.2. The Labute approximate surface area is 101 Å². The van der Waals surface area contributed by atoms with Crippen molar-refractivity contribution in [1.82, 2.24) is 9.88 Å². The number of amides is 1. The van der Waals surface area contributed by atoms with Crippen molar-refractivity contribution in [2.45, 2.75) is 32.2 Å². The van der Waals surface area contributed by atoms with Crippen molar-refractivity contribution < 1.29 is 4.79 Å². The van der Waals surface area contributed by atoms with E-state index < -0.39 is 0 Å². The molecular weight excluding hydrogens is 214 g/mol. The second-order valence-corrected chi connectivity index (χ2v) is 4.30. The Hall–Kier alpha value is -1.89. The largest absolute Gasteiger partial charge is 0.333 e. The van der Waals surface area contributed by atoms with E-state index in [0.29, 0.717) is 24.7 Å². The zero-order valence-electron chi connectivity index (χ0n) is 9.89. The van der Waals surface area contributed by atoms with Crippen LogP contribution in [0.4, 0.5) is 0 Å². The molecule has 4 heteroatoms. The van der Waals surface area contributed by atoms with Crippen molar-refractivity contribution in [1.29, 1.82) is 5.26 Å². The second-order valence-electron chi connectivity index (χ2n) is 4.30.